The lowest BCUT2D eigenvalue weighted by molar-refractivity contribution is -0.155. The Morgan fingerprint density at radius 2 is 1.96 bits per heavy atom. The van der Waals surface area contributed by atoms with E-state index in [0.29, 0.717) is 29.4 Å². The van der Waals surface area contributed by atoms with Gasteiger partial charge >= 0.3 is 0 Å². The monoisotopic (exact) mass is 318 g/mol. The molecule has 2 unspecified atom stereocenters. The van der Waals surface area contributed by atoms with Crippen LogP contribution in [0.4, 0.5) is 0 Å². The van der Waals surface area contributed by atoms with Gasteiger partial charge in [0.25, 0.3) is 0 Å². The summed E-state index contributed by atoms with van der Waals surface area (Å²) in [4.78, 5) is 12.6. The molecule has 4 aliphatic rings. The number of hydrogen-bond donors (Lipinski definition) is 3. The number of fused-ring (bicyclic) bond motifs is 5. The molecule has 0 radical (unpaired) electrons. The first-order valence-electron chi connectivity index (χ1n) is 8.64. The van der Waals surface area contributed by atoms with Crippen molar-refractivity contribution >= 4 is 5.78 Å². The number of Topliss-reactive ketones (excluding diaryl/α,β-unsaturated/α-hetero) is 1. The van der Waals surface area contributed by atoms with Gasteiger partial charge in [0.15, 0.2) is 5.78 Å². The zero-order valence-corrected chi connectivity index (χ0v) is 14.0. The first-order valence-corrected chi connectivity index (χ1v) is 8.64. The Labute approximate surface area is 136 Å². The minimum atomic E-state index is -1.60. The van der Waals surface area contributed by atoms with E-state index in [1.807, 2.05) is 6.08 Å². The summed E-state index contributed by atoms with van der Waals surface area (Å²) in [5.74, 6) is -0.0440. The Morgan fingerprint density at radius 3 is 2.61 bits per heavy atom. The first kappa shape index (κ1) is 15.6. The highest BCUT2D eigenvalue weighted by molar-refractivity contribution is 6.04. The van der Waals surface area contributed by atoms with Crippen LogP contribution in [0.25, 0.3) is 0 Å². The lowest BCUT2D eigenvalue weighted by Gasteiger charge is -2.45. The summed E-state index contributed by atoms with van der Waals surface area (Å²) in [5, 5.41) is 32.5. The van der Waals surface area contributed by atoms with Gasteiger partial charge in [-0.1, -0.05) is 26.0 Å². The number of carbonyl (C=O) groups is 1. The van der Waals surface area contributed by atoms with Crippen LogP contribution in [0.3, 0.4) is 0 Å². The summed E-state index contributed by atoms with van der Waals surface area (Å²) >= 11 is 0. The van der Waals surface area contributed by atoms with Gasteiger partial charge in [-0.2, -0.15) is 0 Å². The molecule has 4 heteroatoms. The lowest BCUT2D eigenvalue weighted by atomic mass is 9.65. The van der Waals surface area contributed by atoms with Crippen LogP contribution in [0.15, 0.2) is 23.3 Å². The van der Waals surface area contributed by atoms with E-state index in [1.54, 1.807) is 13.0 Å². The van der Waals surface area contributed by atoms with E-state index in [4.69, 9.17) is 0 Å². The lowest BCUT2D eigenvalue weighted by Crippen LogP contribution is -2.56. The van der Waals surface area contributed by atoms with Crippen LogP contribution >= 0.6 is 0 Å². The average Bonchev–Trinajstić information content (AvgIpc) is 3.00. The highest BCUT2D eigenvalue weighted by Crippen LogP contribution is 2.71. The van der Waals surface area contributed by atoms with Gasteiger partial charge in [0.05, 0.1) is 12.2 Å². The number of aliphatic hydroxyl groups excluding tert-OH is 1. The van der Waals surface area contributed by atoms with Gasteiger partial charge in [0.2, 0.25) is 0 Å². The highest BCUT2D eigenvalue weighted by atomic mass is 16.3. The van der Waals surface area contributed by atoms with Crippen molar-refractivity contribution in [3.63, 3.8) is 0 Å². The van der Waals surface area contributed by atoms with Crippen molar-refractivity contribution in [2.75, 3.05) is 6.61 Å². The van der Waals surface area contributed by atoms with Crippen molar-refractivity contribution < 1.29 is 20.1 Å². The summed E-state index contributed by atoms with van der Waals surface area (Å²) < 4.78 is 0. The summed E-state index contributed by atoms with van der Waals surface area (Å²) in [6.07, 6.45) is 5.40. The molecule has 0 aliphatic heterocycles. The van der Waals surface area contributed by atoms with Gasteiger partial charge in [-0.3, -0.25) is 4.79 Å². The molecule has 4 nitrogen and oxygen atoms in total. The second-order valence-electron chi connectivity index (χ2n) is 8.75. The Balaban J connectivity index is 1.86. The van der Waals surface area contributed by atoms with E-state index in [-0.39, 0.29) is 30.1 Å². The highest BCUT2D eigenvalue weighted by Gasteiger charge is 2.71. The maximum Gasteiger partial charge on any atom is 0.190 e. The van der Waals surface area contributed by atoms with E-state index in [0.717, 1.165) is 6.42 Å². The standard InChI is InChI=1S/C19H26O4/c1-10-6-14-18(22)5-4-12-15(17(12,2)3)13(18)7-11(9-20)8-19(14,23)16(10)21/h6-7,12-15,20,22-23H,4-5,8-9H2,1-3H3/t12?,13-,14-,15?,18+,19+/m0/s1. The molecule has 4 aliphatic carbocycles. The number of carbonyl (C=O) groups excluding carboxylic acids is 1. The molecule has 0 aromatic heterocycles. The van der Waals surface area contributed by atoms with E-state index in [9.17, 15) is 20.1 Å². The first-order chi connectivity index (χ1) is 10.7. The van der Waals surface area contributed by atoms with E-state index >= 15 is 0 Å². The van der Waals surface area contributed by atoms with Crippen molar-refractivity contribution in [1.82, 2.24) is 0 Å². The maximum absolute atomic E-state index is 12.6. The largest absolute Gasteiger partial charge is 0.392 e. The smallest absolute Gasteiger partial charge is 0.190 e. The number of rotatable bonds is 1. The fraction of sp³-hybridized carbons (Fsp3) is 0.737. The number of aliphatic hydroxyl groups is 3. The van der Waals surface area contributed by atoms with E-state index < -0.39 is 17.1 Å². The summed E-state index contributed by atoms with van der Waals surface area (Å²) in [6.45, 7) is 6.01. The van der Waals surface area contributed by atoms with Crippen LogP contribution < -0.4 is 0 Å². The molecule has 6 atom stereocenters. The second-order valence-corrected chi connectivity index (χ2v) is 8.75. The molecule has 2 fully saturated rings. The zero-order valence-electron chi connectivity index (χ0n) is 14.0. The SMILES string of the molecule is CC1=C[C@H]2[C@@]3(O)CCC4C([C@@H]3C=C(CO)C[C@]2(O)C1=O)C4(C)C. The number of hydrogen-bond acceptors (Lipinski definition) is 4. The maximum atomic E-state index is 12.6. The predicted molar refractivity (Wildman–Crippen MR) is 85.4 cm³/mol. The quantitative estimate of drug-likeness (QED) is 0.642. The van der Waals surface area contributed by atoms with Crippen LogP contribution in [0.5, 0.6) is 0 Å². The molecule has 0 aromatic rings. The van der Waals surface area contributed by atoms with Gasteiger partial charge in [-0.15, -0.1) is 0 Å². The van der Waals surface area contributed by atoms with Gasteiger partial charge in [0, 0.05) is 18.3 Å². The van der Waals surface area contributed by atoms with Crippen molar-refractivity contribution in [3.05, 3.63) is 23.3 Å². The third-order valence-corrected chi connectivity index (χ3v) is 7.30. The van der Waals surface area contributed by atoms with Crippen molar-refractivity contribution in [2.45, 2.75) is 51.2 Å². The normalized spacial score (nSPS) is 50.3. The minimum absolute atomic E-state index is 0.104. The fourth-order valence-electron chi connectivity index (χ4n) is 5.99. The van der Waals surface area contributed by atoms with Crippen LogP contribution in [-0.2, 0) is 4.79 Å². The average molecular weight is 318 g/mol. The molecule has 0 bridgehead atoms. The van der Waals surface area contributed by atoms with Crippen LogP contribution in [0, 0.1) is 29.1 Å². The third-order valence-electron chi connectivity index (χ3n) is 7.30. The van der Waals surface area contributed by atoms with Gasteiger partial charge in [-0.05, 0) is 48.2 Å². The zero-order chi connectivity index (χ0) is 16.8. The number of ketones is 1. The van der Waals surface area contributed by atoms with Gasteiger partial charge in [0.1, 0.15) is 5.60 Å². The molecule has 23 heavy (non-hydrogen) atoms. The predicted octanol–water partition coefficient (Wildman–Crippen LogP) is 1.60. The second kappa shape index (κ2) is 4.35. The molecule has 0 saturated heterocycles. The minimum Gasteiger partial charge on any atom is -0.392 e. The summed E-state index contributed by atoms with van der Waals surface area (Å²) in [5.41, 5.74) is -1.32. The van der Waals surface area contributed by atoms with E-state index in [1.165, 1.54) is 0 Å². The van der Waals surface area contributed by atoms with Crippen LogP contribution in [-0.4, -0.2) is 38.9 Å². The topological polar surface area (TPSA) is 77.8 Å². The Morgan fingerprint density at radius 1 is 1.26 bits per heavy atom. The Hall–Kier alpha value is -0.970. The fourth-order valence-corrected chi connectivity index (χ4v) is 5.99. The van der Waals surface area contributed by atoms with Gasteiger partial charge in [-0.25, -0.2) is 0 Å². The van der Waals surface area contributed by atoms with Crippen molar-refractivity contribution in [3.8, 4) is 0 Å². The summed E-state index contributed by atoms with van der Waals surface area (Å²) in [7, 11) is 0. The molecule has 3 N–H and O–H groups in total. The summed E-state index contributed by atoms with van der Waals surface area (Å²) in [6, 6.07) is 0. The molecule has 0 aromatic carbocycles. The molecule has 126 valence electrons. The van der Waals surface area contributed by atoms with Crippen molar-refractivity contribution in [2.24, 2.45) is 29.1 Å². The third kappa shape index (κ3) is 1.75. The van der Waals surface area contributed by atoms with Crippen LogP contribution in [0.2, 0.25) is 0 Å². The van der Waals surface area contributed by atoms with Crippen molar-refractivity contribution in [1.29, 1.82) is 0 Å². The molecule has 2 saturated carbocycles. The Bertz CT molecular complexity index is 646. The Kier molecular flexibility index (Phi) is 2.94. The molecule has 0 amide bonds. The molecule has 0 spiro atoms. The molecular formula is C19H26O4. The molecule has 0 heterocycles. The van der Waals surface area contributed by atoms with E-state index in [2.05, 4.69) is 13.8 Å². The van der Waals surface area contributed by atoms with Gasteiger partial charge < -0.3 is 15.3 Å². The molecule has 4 rings (SSSR count). The van der Waals surface area contributed by atoms with Crippen LogP contribution in [0.1, 0.15) is 40.0 Å². The molecular weight excluding hydrogens is 292 g/mol.